The Labute approximate surface area is 333 Å². The van der Waals surface area contributed by atoms with Gasteiger partial charge in [0.15, 0.2) is 0 Å². The van der Waals surface area contributed by atoms with Gasteiger partial charge in [0.05, 0.1) is 11.0 Å². The number of rotatable bonds is 6. The molecule has 0 aliphatic heterocycles. The monoisotopic (exact) mass is 740 g/mol. The molecule has 2 aromatic heterocycles. The van der Waals surface area contributed by atoms with E-state index in [9.17, 15) is 0 Å². The minimum atomic E-state index is -0.0431. The molecular formula is C53H44N2S. The van der Waals surface area contributed by atoms with E-state index in [0.29, 0.717) is 12.0 Å². The van der Waals surface area contributed by atoms with Crippen LogP contribution in [0.3, 0.4) is 0 Å². The third kappa shape index (κ3) is 5.36. The summed E-state index contributed by atoms with van der Waals surface area (Å²) in [6, 6.07) is 64.0. The van der Waals surface area contributed by atoms with Crippen molar-refractivity contribution in [3.05, 3.63) is 186 Å². The highest BCUT2D eigenvalue weighted by Crippen LogP contribution is 2.51. The van der Waals surface area contributed by atoms with E-state index in [1.165, 1.54) is 108 Å². The van der Waals surface area contributed by atoms with Crippen LogP contribution in [0.2, 0.25) is 0 Å². The zero-order valence-electron chi connectivity index (χ0n) is 32.0. The Hall–Kier alpha value is -5.90. The standard InChI is InChI=1S/C53H44N2S/c1-53(2)47-17-9-7-15-43(47)44-30-29-42(34-48(44)53)54(41-27-22-36(23-28-41)52-33-38-12-6-11-19-51(38)56-52)40-25-20-35(21-26-40)37-24-31-50-46(32-37)45-16-8-10-18-49(45)55(50)39-13-4-3-5-14-39/h3-21,24-26,29-34,36,41H,22-23,27-28H2,1-2H3. The van der Waals surface area contributed by atoms with Crippen LogP contribution < -0.4 is 4.90 Å². The van der Waals surface area contributed by atoms with Gasteiger partial charge in [-0.15, -0.1) is 11.3 Å². The molecule has 0 N–H and O–H groups in total. The summed E-state index contributed by atoms with van der Waals surface area (Å²) in [6.07, 6.45) is 4.77. The molecule has 2 aliphatic rings. The molecule has 0 atom stereocenters. The Balaban J connectivity index is 0.960. The number of thiophene rings is 1. The maximum atomic E-state index is 2.68. The number of hydrogen-bond donors (Lipinski definition) is 0. The molecule has 11 rings (SSSR count). The van der Waals surface area contributed by atoms with Gasteiger partial charge in [-0.25, -0.2) is 0 Å². The van der Waals surface area contributed by atoms with E-state index < -0.39 is 0 Å². The zero-order valence-corrected chi connectivity index (χ0v) is 32.8. The summed E-state index contributed by atoms with van der Waals surface area (Å²) >= 11 is 2.00. The van der Waals surface area contributed by atoms with Gasteiger partial charge in [-0.3, -0.25) is 0 Å². The maximum Gasteiger partial charge on any atom is 0.0541 e. The number of anilines is 2. The largest absolute Gasteiger partial charge is 0.338 e. The summed E-state index contributed by atoms with van der Waals surface area (Å²) in [4.78, 5) is 4.24. The van der Waals surface area contributed by atoms with E-state index in [2.05, 4.69) is 193 Å². The van der Waals surface area contributed by atoms with Gasteiger partial charge in [0, 0.05) is 48.9 Å². The highest BCUT2D eigenvalue weighted by molar-refractivity contribution is 7.19. The van der Waals surface area contributed by atoms with Crippen LogP contribution in [-0.4, -0.2) is 10.6 Å². The second-order valence-corrected chi connectivity index (χ2v) is 17.5. The molecule has 7 aromatic carbocycles. The third-order valence-electron chi connectivity index (χ3n) is 12.9. The summed E-state index contributed by atoms with van der Waals surface area (Å²) in [6.45, 7) is 4.79. The predicted molar refractivity (Wildman–Crippen MR) is 239 cm³/mol. The minimum absolute atomic E-state index is 0.0431. The second-order valence-electron chi connectivity index (χ2n) is 16.4. The van der Waals surface area contributed by atoms with Crippen molar-refractivity contribution in [1.29, 1.82) is 0 Å². The maximum absolute atomic E-state index is 2.68. The lowest BCUT2D eigenvalue weighted by atomic mass is 9.81. The summed E-state index contributed by atoms with van der Waals surface area (Å²) in [5.74, 6) is 0.629. The predicted octanol–water partition coefficient (Wildman–Crippen LogP) is 14.8. The number of nitrogens with zero attached hydrogens (tertiary/aromatic N) is 2. The van der Waals surface area contributed by atoms with Crippen LogP contribution in [0, 0.1) is 0 Å². The fourth-order valence-electron chi connectivity index (χ4n) is 10.1. The van der Waals surface area contributed by atoms with Gasteiger partial charge in [0.1, 0.15) is 0 Å². The van der Waals surface area contributed by atoms with Gasteiger partial charge < -0.3 is 9.47 Å². The molecule has 9 aromatic rings. The molecule has 2 heterocycles. The molecule has 0 radical (unpaired) electrons. The molecule has 0 saturated heterocycles. The topological polar surface area (TPSA) is 8.17 Å². The Kier molecular flexibility index (Phi) is 7.83. The Morgan fingerprint density at radius 1 is 0.536 bits per heavy atom. The van der Waals surface area contributed by atoms with E-state index in [4.69, 9.17) is 0 Å². The molecule has 56 heavy (non-hydrogen) atoms. The Morgan fingerprint density at radius 3 is 2.05 bits per heavy atom. The summed E-state index contributed by atoms with van der Waals surface area (Å²) in [7, 11) is 0. The highest BCUT2D eigenvalue weighted by Gasteiger charge is 2.36. The van der Waals surface area contributed by atoms with Crippen LogP contribution in [0.1, 0.15) is 61.5 Å². The molecule has 0 bridgehead atoms. The van der Waals surface area contributed by atoms with E-state index in [0.717, 1.165) is 0 Å². The van der Waals surface area contributed by atoms with Gasteiger partial charge in [0.25, 0.3) is 0 Å². The summed E-state index contributed by atoms with van der Waals surface area (Å²) < 4.78 is 3.80. The lowest BCUT2D eigenvalue weighted by molar-refractivity contribution is 0.395. The summed E-state index contributed by atoms with van der Waals surface area (Å²) in [5, 5.41) is 3.95. The first kappa shape index (κ1) is 33.4. The van der Waals surface area contributed by atoms with Crippen molar-refractivity contribution in [1.82, 2.24) is 4.57 Å². The second kappa shape index (κ2) is 13.1. The Morgan fingerprint density at radius 2 is 1.21 bits per heavy atom. The van der Waals surface area contributed by atoms with E-state index in [1.54, 1.807) is 4.88 Å². The quantitative estimate of drug-likeness (QED) is 0.165. The number of hydrogen-bond acceptors (Lipinski definition) is 2. The van der Waals surface area contributed by atoms with E-state index in [1.807, 2.05) is 11.3 Å². The van der Waals surface area contributed by atoms with Crippen molar-refractivity contribution in [2.45, 2.75) is 56.9 Å². The van der Waals surface area contributed by atoms with Crippen molar-refractivity contribution >= 4 is 54.6 Å². The molecule has 2 nitrogen and oxygen atoms in total. The average Bonchev–Trinajstić information content (AvgIpc) is 3.90. The fourth-order valence-corrected chi connectivity index (χ4v) is 11.3. The molecule has 0 spiro atoms. The van der Waals surface area contributed by atoms with Gasteiger partial charge in [-0.1, -0.05) is 117 Å². The van der Waals surface area contributed by atoms with Gasteiger partial charge in [0.2, 0.25) is 0 Å². The molecule has 2 aliphatic carbocycles. The highest BCUT2D eigenvalue weighted by atomic mass is 32.1. The van der Waals surface area contributed by atoms with Gasteiger partial charge in [-0.2, -0.15) is 0 Å². The molecule has 0 unspecified atom stereocenters. The minimum Gasteiger partial charge on any atom is -0.338 e. The van der Waals surface area contributed by atoms with Crippen molar-refractivity contribution in [3.8, 4) is 27.9 Å². The molecule has 0 amide bonds. The molecular weight excluding hydrogens is 697 g/mol. The molecule has 1 saturated carbocycles. The van der Waals surface area contributed by atoms with Crippen molar-refractivity contribution in [2.24, 2.45) is 0 Å². The van der Waals surface area contributed by atoms with Crippen molar-refractivity contribution in [3.63, 3.8) is 0 Å². The molecule has 272 valence electrons. The average molecular weight is 741 g/mol. The molecule has 3 heteroatoms. The normalized spacial score (nSPS) is 17.3. The third-order valence-corrected chi connectivity index (χ3v) is 14.2. The summed E-state index contributed by atoms with van der Waals surface area (Å²) in [5.41, 5.74) is 14.3. The van der Waals surface area contributed by atoms with Crippen LogP contribution in [0.5, 0.6) is 0 Å². The number of benzene rings is 7. The van der Waals surface area contributed by atoms with Crippen molar-refractivity contribution in [2.75, 3.05) is 4.90 Å². The molecule has 1 fully saturated rings. The Bertz CT molecular complexity index is 2870. The van der Waals surface area contributed by atoms with E-state index in [-0.39, 0.29) is 5.41 Å². The lowest BCUT2D eigenvalue weighted by Gasteiger charge is -2.39. The number of fused-ring (bicyclic) bond motifs is 7. The van der Waals surface area contributed by atoms with E-state index >= 15 is 0 Å². The van der Waals surface area contributed by atoms with Gasteiger partial charge >= 0.3 is 0 Å². The lowest BCUT2D eigenvalue weighted by Crippen LogP contribution is -2.34. The van der Waals surface area contributed by atoms with Crippen LogP contribution >= 0.6 is 11.3 Å². The smallest absolute Gasteiger partial charge is 0.0541 e. The first-order valence-electron chi connectivity index (χ1n) is 20.2. The number of para-hydroxylation sites is 2. The van der Waals surface area contributed by atoms with Crippen LogP contribution in [0.15, 0.2) is 170 Å². The zero-order chi connectivity index (χ0) is 37.4. The van der Waals surface area contributed by atoms with Gasteiger partial charge in [-0.05, 0) is 137 Å². The number of aromatic nitrogens is 1. The van der Waals surface area contributed by atoms with Crippen LogP contribution in [-0.2, 0) is 5.41 Å². The first-order valence-corrected chi connectivity index (χ1v) is 21.0. The van der Waals surface area contributed by atoms with Crippen LogP contribution in [0.4, 0.5) is 11.4 Å². The van der Waals surface area contributed by atoms with Crippen LogP contribution in [0.25, 0.3) is 59.8 Å². The fraction of sp³-hybridized carbons (Fsp3) is 0.170. The van der Waals surface area contributed by atoms with Crippen molar-refractivity contribution < 1.29 is 0 Å². The SMILES string of the molecule is CC1(C)c2ccccc2-c2ccc(N(c3ccc(-c4ccc5c(c4)c4ccccc4n5-c4ccccc4)cc3)C3CCC(c4cc5ccccc5s4)CC3)cc21. The first-order chi connectivity index (χ1) is 27.5.